The molecule has 1 rings (SSSR count). The Balaban J connectivity index is 2.36. The molecule has 0 aromatic carbocycles. The Labute approximate surface area is 101 Å². The first-order valence-corrected chi connectivity index (χ1v) is 5.77. The fourth-order valence-electron chi connectivity index (χ4n) is 1.56. The van der Waals surface area contributed by atoms with Crippen LogP contribution >= 0.6 is 0 Å². The van der Waals surface area contributed by atoms with Crippen LogP contribution in [0.5, 0.6) is 0 Å². The van der Waals surface area contributed by atoms with Crippen molar-refractivity contribution in [3.8, 4) is 0 Å². The lowest BCUT2D eigenvalue weighted by Gasteiger charge is -2.11. The highest BCUT2D eigenvalue weighted by molar-refractivity contribution is 5.87. The third kappa shape index (κ3) is 4.58. The van der Waals surface area contributed by atoms with Crippen molar-refractivity contribution >= 4 is 5.97 Å². The van der Waals surface area contributed by atoms with Gasteiger partial charge >= 0.3 is 5.97 Å². The molecule has 0 spiro atoms. The molecule has 1 atom stereocenters. The lowest BCUT2D eigenvalue weighted by molar-refractivity contribution is 0.0594. The molecule has 1 aromatic rings. The number of hydrogen-bond donors (Lipinski definition) is 3. The molecule has 0 fully saturated rings. The predicted molar refractivity (Wildman–Crippen MR) is 64.8 cm³/mol. The molecule has 5 heteroatoms. The van der Waals surface area contributed by atoms with E-state index < -0.39 is 0 Å². The van der Waals surface area contributed by atoms with Crippen LogP contribution in [0.4, 0.5) is 0 Å². The van der Waals surface area contributed by atoms with Gasteiger partial charge in [-0.1, -0.05) is 0 Å². The molecule has 0 saturated carbocycles. The fourth-order valence-corrected chi connectivity index (χ4v) is 1.56. The number of aromatic amines is 1. The normalized spacial score (nSPS) is 12.4. The first-order valence-electron chi connectivity index (χ1n) is 5.77. The zero-order valence-electron chi connectivity index (χ0n) is 10.3. The number of ether oxygens (including phenoxy) is 1. The smallest absolute Gasteiger partial charge is 0.354 e. The number of hydrogen-bond acceptors (Lipinski definition) is 4. The van der Waals surface area contributed by atoms with Crippen molar-refractivity contribution < 1.29 is 14.6 Å². The Morgan fingerprint density at radius 1 is 1.59 bits per heavy atom. The largest absolute Gasteiger partial charge is 0.464 e. The molecule has 3 N–H and O–H groups in total. The van der Waals surface area contributed by atoms with Crippen LogP contribution in [-0.2, 0) is 11.3 Å². The quantitative estimate of drug-likeness (QED) is 0.623. The number of H-pyrrole nitrogens is 1. The van der Waals surface area contributed by atoms with Gasteiger partial charge in [0.1, 0.15) is 5.69 Å². The minimum Gasteiger partial charge on any atom is -0.464 e. The lowest BCUT2D eigenvalue weighted by Crippen LogP contribution is -2.25. The summed E-state index contributed by atoms with van der Waals surface area (Å²) in [6, 6.07) is 3.91. The number of carbonyl (C=O) groups is 1. The summed E-state index contributed by atoms with van der Waals surface area (Å²) in [7, 11) is 1.36. The summed E-state index contributed by atoms with van der Waals surface area (Å²) in [4.78, 5) is 14.2. The summed E-state index contributed by atoms with van der Waals surface area (Å²) in [5, 5.41) is 12.0. The maximum absolute atomic E-state index is 11.2. The van der Waals surface area contributed by atoms with E-state index >= 15 is 0 Å². The summed E-state index contributed by atoms with van der Waals surface area (Å²) in [5.41, 5.74) is 1.41. The second-order valence-corrected chi connectivity index (χ2v) is 4.04. The van der Waals surface area contributed by atoms with E-state index in [1.54, 1.807) is 6.07 Å². The molecule has 1 heterocycles. The zero-order chi connectivity index (χ0) is 12.7. The van der Waals surface area contributed by atoms with Crippen molar-refractivity contribution in [3.63, 3.8) is 0 Å². The molecule has 0 aliphatic heterocycles. The van der Waals surface area contributed by atoms with Gasteiger partial charge in [-0.05, 0) is 31.9 Å². The van der Waals surface area contributed by atoms with Gasteiger partial charge in [-0.2, -0.15) is 0 Å². The van der Waals surface area contributed by atoms with Crippen molar-refractivity contribution in [2.24, 2.45) is 0 Å². The Morgan fingerprint density at radius 3 is 3.00 bits per heavy atom. The molecular formula is C12H20N2O3. The highest BCUT2D eigenvalue weighted by Gasteiger charge is 2.08. The minimum atomic E-state index is -0.357. The number of methoxy groups -OCH3 is 1. The van der Waals surface area contributed by atoms with Gasteiger partial charge < -0.3 is 20.1 Å². The summed E-state index contributed by atoms with van der Waals surface area (Å²) in [6.45, 7) is 2.96. The van der Waals surface area contributed by atoms with Crippen LogP contribution < -0.4 is 5.32 Å². The lowest BCUT2D eigenvalue weighted by atomic mass is 10.2. The van der Waals surface area contributed by atoms with Crippen LogP contribution in [-0.4, -0.2) is 35.8 Å². The monoisotopic (exact) mass is 240 g/mol. The van der Waals surface area contributed by atoms with Gasteiger partial charge in [-0.15, -0.1) is 0 Å². The number of aliphatic hydroxyl groups excluding tert-OH is 1. The second kappa shape index (κ2) is 7.09. The molecular weight excluding hydrogens is 220 g/mol. The van der Waals surface area contributed by atoms with Gasteiger partial charge in [-0.3, -0.25) is 0 Å². The van der Waals surface area contributed by atoms with Crippen LogP contribution in [0.1, 0.15) is 35.9 Å². The molecule has 1 aromatic heterocycles. The summed E-state index contributed by atoms with van der Waals surface area (Å²) >= 11 is 0. The van der Waals surface area contributed by atoms with E-state index in [4.69, 9.17) is 5.11 Å². The van der Waals surface area contributed by atoms with Crippen molar-refractivity contribution in [2.45, 2.75) is 32.4 Å². The maximum Gasteiger partial charge on any atom is 0.354 e. The van der Waals surface area contributed by atoms with E-state index in [2.05, 4.69) is 22.0 Å². The van der Waals surface area contributed by atoms with Crippen LogP contribution in [0.15, 0.2) is 12.1 Å². The fraction of sp³-hybridized carbons (Fsp3) is 0.583. The van der Waals surface area contributed by atoms with Gasteiger partial charge in [0.25, 0.3) is 0 Å². The number of rotatable bonds is 7. The summed E-state index contributed by atoms with van der Waals surface area (Å²) in [6.07, 6.45) is 1.73. The van der Waals surface area contributed by atoms with Crippen LogP contribution in [0.25, 0.3) is 0 Å². The van der Waals surface area contributed by atoms with Gasteiger partial charge in [0.2, 0.25) is 0 Å². The molecule has 1 unspecified atom stereocenters. The number of aromatic nitrogens is 1. The van der Waals surface area contributed by atoms with Gasteiger partial charge in [0.05, 0.1) is 7.11 Å². The van der Waals surface area contributed by atoms with Crippen molar-refractivity contribution in [1.82, 2.24) is 10.3 Å². The molecule has 0 radical (unpaired) electrons. The Bertz CT molecular complexity index is 349. The summed E-state index contributed by atoms with van der Waals surface area (Å²) < 4.78 is 4.61. The van der Waals surface area contributed by atoms with Crippen LogP contribution in [0, 0.1) is 0 Å². The van der Waals surface area contributed by atoms with E-state index in [-0.39, 0.29) is 12.6 Å². The van der Waals surface area contributed by atoms with E-state index in [9.17, 15) is 4.79 Å². The van der Waals surface area contributed by atoms with Crippen LogP contribution in [0.3, 0.4) is 0 Å². The van der Waals surface area contributed by atoms with Crippen molar-refractivity contribution in [2.75, 3.05) is 13.7 Å². The molecule has 0 aliphatic rings. The van der Waals surface area contributed by atoms with E-state index in [1.807, 2.05) is 6.07 Å². The second-order valence-electron chi connectivity index (χ2n) is 4.04. The predicted octanol–water partition coefficient (Wildman–Crippen LogP) is 1.05. The van der Waals surface area contributed by atoms with Gasteiger partial charge in [0, 0.05) is 24.9 Å². The van der Waals surface area contributed by atoms with E-state index in [1.165, 1.54) is 7.11 Å². The standard InChI is InChI=1S/C12H20N2O3/c1-9(4-3-7-15)13-8-10-5-6-11(14-10)12(16)17-2/h5-6,9,13-15H,3-4,7-8H2,1-2H3. The molecule has 96 valence electrons. The third-order valence-corrected chi connectivity index (χ3v) is 2.59. The van der Waals surface area contributed by atoms with E-state index in [0.717, 1.165) is 18.5 Å². The molecule has 5 nitrogen and oxygen atoms in total. The highest BCUT2D eigenvalue weighted by atomic mass is 16.5. The number of esters is 1. The number of nitrogens with one attached hydrogen (secondary N) is 2. The number of aliphatic hydroxyl groups is 1. The van der Waals surface area contributed by atoms with Gasteiger partial charge in [-0.25, -0.2) is 4.79 Å². The van der Waals surface area contributed by atoms with Crippen LogP contribution in [0.2, 0.25) is 0 Å². The average Bonchev–Trinajstić information content (AvgIpc) is 2.81. The number of carbonyl (C=O) groups excluding carboxylic acids is 1. The molecule has 17 heavy (non-hydrogen) atoms. The molecule has 0 amide bonds. The third-order valence-electron chi connectivity index (χ3n) is 2.59. The van der Waals surface area contributed by atoms with E-state index in [0.29, 0.717) is 18.3 Å². The first-order chi connectivity index (χ1) is 8.17. The summed E-state index contributed by atoms with van der Waals surface area (Å²) in [5.74, 6) is -0.357. The maximum atomic E-state index is 11.2. The topological polar surface area (TPSA) is 74.3 Å². The van der Waals surface area contributed by atoms with Crippen molar-refractivity contribution in [1.29, 1.82) is 0 Å². The molecule has 0 aliphatic carbocycles. The van der Waals surface area contributed by atoms with Gasteiger partial charge in [0.15, 0.2) is 0 Å². The molecule has 0 saturated heterocycles. The Kier molecular flexibility index (Phi) is 5.72. The SMILES string of the molecule is COC(=O)c1ccc(CNC(C)CCCO)[nH]1. The first kappa shape index (κ1) is 13.7. The Hall–Kier alpha value is -1.33. The molecule has 0 bridgehead atoms. The highest BCUT2D eigenvalue weighted by Crippen LogP contribution is 2.04. The average molecular weight is 240 g/mol. The van der Waals surface area contributed by atoms with Crippen molar-refractivity contribution in [3.05, 3.63) is 23.5 Å². The minimum absolute atomic E-state index is 0.223. The Morgan fingerprint density at radius 2 is 2.35 bits per heavy atom. The zero-order valence-corrected chi connectivity index (χ0v) is 10.3.